The molecule has 7 nitrogen and oxygen atoms in total. The summed E-state index contributed by atoms with van der Waals surface area (Å²) in [6.45, 7) is 6.41. The lowest BCUT2D eigenvalue weighted by atomic mass is 10.00. The number of carbonyl (C=O) groups excluding carboxylic acids is 1. The summed E-state index contributed by atoms with van der Waals surface area (Å²) in [5.41, 5.74) is 0. The molecule has 0 aromatic rings. The number of rotatable bonds is 14. The van der Waals surface area contributed by atoms with E-state index in [0.717, 1.165) is 32.1 Å². The van der Waals surface area contributed by atoms with Gasteiger partial charge in [0.1, 0.15) is 6.04 Å². The van der Waals surface area contributed by atoms with Gasteiger partial charge in [-0.05, 0) is 33.6 Å². The van der Waals surface area contributed by atoms with Crippen LogP contribution in [0.3, 0.4) is 0 Å². The largest absolute Gasteiger partial charge is 0.544 e. The summed E-state index contributed by atoms with van der Waals surface area (Å²) in [7, 11) is 0. The maximum absolute atomic E-state index is 11.6. The third-order valence-corrected chi connectivity index (χ3v) is 5.37. The molecule has 0 aromatic carbocycles. The number of nitrogens with zero attached hydrogens (tertiary/aromatic N) is 1. The van der Waals surface area contributed by atoms with Crippen molar-refractivity contribution in [3.8, 4) is 0 Å². The minimum atomic E-state index is -1.43. The van der Waals surface area contributed by atoms with Crippen LogP contribution in [0.2, 0.25) is 0 Å². The third kappa shape index (κ3) is 6.30. The van der Waals surface area contributed by atoms with Crippen molar-refractivity contribution in [3.63, 3.8) is 0 Å². The highest BCUT2D eigenvalue weighted by Gasteiger charge is 2.50. The van der Waals surface area contributed by atoms with Gasteiger partial charge in [0.25, 0.3) is 0 Å². The highest BCUT2D eigenvalue weighted by atomic mass is 16.4. The number of hydrogen-bond acceptors (Lipinski definition) is 4. The van der Waals surface area contributed by atoms with Gasteiger partial charge in [0.05, 0.1) is 12.5 Å². The molecule has 0 fully saturated rings. The van der Waals surface area contributed by atoms with Crippen LogP contribution < -0.4 is 5.11 Å². The Hall–Kier alpha value is -1.63. The monoisotopic (exact) mass is 359 g/mol. The summed E-state index contributed by atoms with van der Waals surface area (Å²) in [4.78, 5) is 34.7. The molecule has 0 aliphatic carbocycles. The predicted molar refractivity (Wildman–Crippen MR) is 91.8 cm³/mol. The Bertz CT molecular complexity index is 401. The van der Waals surface area contributed by atoms with Crippen LogP contribution in [0.15, 0.2) is 0 Å². The Labute approximate surface area is 150 Å². The molecule has 0 saturated carbocycles. The van der Waals surface area contributed by atoms with Gasteiger partial charge in [0, 0.05) is 0 Å². The number of carboxylic acid groups (broad SMARTS) is 3. The summed E-state index contributed by atoms with van der Waals surface area (Å²) in [6, 6.07) is -3.53. The number of carboxylic acids is 3. The van der Waals surface area contributed by atoms with Crippen molar-refractivity contribution < 1.29 is 34.2 Å². The van der Waals surface area contributed by atoms with Gasteiger partial charge in [-0.1, -0.05) is 39.0 Å². The van der Waals surface area contributed by atoms with Crippen molar-refractivity contribution >= 4 is 17.9 Å². The smallest absolute Gasteiger partial charge is 0.362 e. The first kappa shape index (κ1) is 23.4. The first-order chi connectivity index (χ1) is 11.6. The molecule has 0 heterocycles. The molecule has 25 heavy (non-hydrogen) atoms. The van der Waals surface area contributed by atoms with Crippen LogP contribution in [-0.2, 0) is 14.4 Å². The second-order valence-corrected chi connectivity index (χ2v) is 6.86. The topological polar surface area (TPSA) is 115 Å². The minimum absolute atomic E-state index is 0.184. The van der Waals surface area contributed by atoms with Crippen molar-refractivity contribution in [2.45, 2.75) is 90.8 Å². The molecule has 3 atom stereocenters. The minimum Gasteiger partial charge on any atom is -0.544 e. The summed E-state index contributed by atoms with van der Waals surface area (Å²) < 4.78 is -0.540. The van der Waals surface area contributed by atoms with E-state index in [9.17, 15) is 29.7 Å². The second kappa shape index (κ2) is 11.1. The van der Waals surface area contributed by atoms with E-state index >= 15 is 0 Å². The van der Waals surface area contributed by atoms with Crippen molar-refractivity contribution in [1.29, 1.82) is 0 Å². The van der Waals surface area contributed by atoms with E-state index in [1.54, 1.807) is 0 Å². The molecule has 0 aromatic heterocycles. The van der Waals surface area contributed by atoms with Gasteiger partial charge in [-0.25, -0.2) is 9.59 Å². The Balaban J connectivity index is 5.30. The Morgan fingerprint density at radius 2 is 1.20 bits per heavy atom. The molecule has 0 radical (unpaired) electrons. The van der Waals surface area contributed by atoms with E-state index in [1.807, 2.05) is 0 Å². The highest BCUT2D eigenvalue weighted by molar-refractivity contribution is 5.76. The second-order valence-electron chi connectivity index (χ2n) is 6.86. The fourth-order valence-corrected chi connectivity index (χ4v) is 3.54. The van der Waals surface area contributed by atoms with Gasteiger partial charge < -0.3 is 20.1 Å². The van der Waals surface area contributed by atoms with Crippen LogP contribution in [0.1, 0.15) is 72.6 Å². The zero-order valence-corrected chi connectivity index (χ0v) is 15.9. The highest BCUT2D eigenvalue weighted by Crippen LogP contribution is 2.27. The average Bonchev–Trinajstić information content (AvgIpc) is 2.55. The first-order valence-corrected chi connectivity index (χ1v) is 9.16. The van der Waals surface area contributed by atoms with Crippen molar-refractivity contribution in [1.82, 2.24) is 0 Å². The van der Waals surface area contributed by atoms with E-state index in [4.69, 9.17) is 0 Å². The number of carbonyl (C=O) groups is 3. The fourth-order valence-electron chi connectivity index (χ4n) is 3.54. The molecular formula is C18H33NO6. The lowest BCUT2D eigenvalue weighted by Crippen LogP contribution is -2.72. The molecule has 0 saturated heterocycles. The summed E-state index contributed by atoms with van der Waals surface area (Å²) in [6.07, 6.45) is 6.92. The fraction of sp³-hybridized carbons (Fsp3) is 0.833. The van der Waals surface area contributed by atoms with Crippen molar-refractivity contribution in [2.24, 2.45) is 0 Å². The van der Waals surface area contributed by atoms with Crippen LogP contribution in [-0.4, -0.2) is 57.3 Å². The summed E-state index contributed by atoms with van der Waals surface area (Å²) >= 11 is 0. The van der Waals surface area contributed by atoms with Crippen LogP contribution >= 0.6 is 0 Å². The lowest BCUT2D eigenvalue weighted by molar-refractivity contribution is -0.969. The standard InChI is InChI=1S/C18H33NO6/c1-5-6-7-8-9-10-11-12-19(13(2)16(20)21,14(3)17(22)23)15(4)18(24)25/h13-15H,5-12H2,1-4H3,(H2-,20,21,22,23,24,25). The molecule has 146 valence electrons. The molecule has 2 N–H and O–H groups in total. The molecule has 0 spiro atoms. The van der Waals surface area contributed by atoms with E-state index in [1.165, 1.54) is 27.2 Å². The molecule has 0 aliphatic rings. The Morgan fingerprint density at radius 3 is 1.56 bits per heavy atom. The average molecular weight is 359 g/mol. The lowest BCUT2D eigenvalue weighted by Gasteiger charge is -2.49. The number of aliphatic carboxylic acids is 3. The van der Waals surface area contributed by atoms with Gasteiger partial charge in [0.2, 0.25) is 0 Å². The number of hydrogen-bond donors (Lipinski definition) is 2. The molecule has 0 rings (SSSR count). The zero-order chi connectivity index (χ0) is 19.6. The Morgan fingerprint density at radius 1 is 0.800 bits per heavy atom. The van der Waals surface area contributed by atoms with E-state index in [-0.39, 0.29) is 6.54 Å². The SMILES string of the molecule is CCCCCCCCC[N+](C(C)C(=O)[O-])(C(C)C(=O)O)C(C)C(=O)O. The van der Waals surface area contributed by atoms with Crippen LogP contribution in [0, 0.1) is 0 Å². The van der Waals surface area contributed by atoms with Crippen molar-refractivity contribution in [2.75, 3.05) is 6.54 Å². The quantitative estimate of drug-likeness (QED) is 0.360. The molecule has 0 bridgehead atoms. The molecular weight excluding hydrogens is 326 g/mol. The molecule has 7 heteroatoms. The van der Waals surface area contributed by atoms with E-state index in [0.29, 0.717) is 6.42 Å². The van der Waals surface area contributed by atoms with Gasteiger partial charge in [-0.2, -0.15) is 0 Å². The van der Waals surface area contributed by atoms with Crippen LogP contribution in [0.25, 0.3) is 0 Å². The molecule has 0 aliphatic heterocycles. The van der Waals surface area contributed by atoms with E-state index < -0.39 is 40.5 Å². The number of quaternary nitrogens is 1. The summed E-state index contributed by atoms with van der Waals surface area (Å²) in [5.74, 6) is -3.84. The first-order valence-electron chi connectivity index (χ1n) is 9.16. The van der Waals surface area contributed by atoms with Gasteiger partial charge in [0.15, 0.2) is 12.1 Å². The normalized spacial score (nSPS) is 17.3. The maximum atomic E-state index is 11.6. The Kier molecular flexibility index (Phi) is 10.4. The molecule has 3 unspecified atom stereocenters. The number of unbranched alkanes of at least 4 members (excludes halogenated alkanes) is 6. The summed E-state index contributed by atoms with van der Waals surface area (Å²) in [5, 5.41) is 30.4. The van der Waals surface area contributed by atoms with Crippen LogP contribution in [0.4, 0.5) is 0 Å². The zero-order valence-electron chi connectivity index (χ0n) is 15.9. The van der Waals surface area contributed by atoms with Gasteiger partial charge in [-0.15, -0.1) is 0 Å². The van der Waals surface area contributed by atoms with Crippen LogP contribution in [0.5, 0.6) is 0 Å². The van der Waals surface area contributed by atoms with Gasteiger partial charge in [-0.3, -0.25) is 4.48 Å². The van der Waals surface area contributed by atoms with Gasteiger partial charge >= 0.3 is 11.9 Å². The van der Waals surface area contributed by atoms with E-state index in [2.05, 4.69) is 6.92 Å². The maximum Gasteiger partial charge on any atom is 0.362 e. The third-order valence-electron chi connectivity index (χ3n) is 5.37. The van der Waals surface area contributed by atoms with Crippen molar-refractivity contribution in [3.05, 3.63) is 0 Å². The molecule has 0 amide bonds. The predicted octanol–water partition coefficient (Wildman–Crippen LogP) is 1.64.